The van der Waals surface area contributed by atoms with Crippen LogP contribution in [-0.4, -0.2) is 17.5 Å². The number of para-hydroxylation sites is 1. The van der Waals surface area contributed by atoms with E-state index in [-0.39, 0.29) is 18.3 Å². The zero-order chi connectivity index (χ0) is 17.5. The molecular formula is C19H16FN3O2. The van der Waals surface area contributed by atoms with Gasteiger partial charge in [0.05, 0.1) is 11.9 Å². The minimum Gasteiger partial charge on any atom is -0.484 e. The Hall–Kier alpha value is -3.41. The average Bonchev–Trinajstić information content (AvgIpc) is 2.63. The number of nitrogens with zero attached hydrogens (tertiary/aromatic N) is 1. The fourth-order valence-electron chi connectivity index (χ4n) is 2.12. The molecule has 25 heavy (non-hydrogen) atoms. The second kappa shape index (κ2) is 7.92. The largest absolute Gasteiger partial charge is 0.484 e. The number of carbonyl (C=O) groups is 1. The van der Waals surface area contributed by atoms with Gasteiger partial charge in [0.15, 0.2) is 6.61 Å². The van der Waals surface area contributed by atoms with E-state index in [4.69, 9.17) is 4.74 Å². The number of nitrogens with one attached hydrogen (secondary N) is 2. The Labute approximate surface area is 144 Å². The lowest BCUT2D eigenvalue weighted by molar-refractivity contribution is -0.118. The van der Waals surface area contributed by atoms with Crippen LogP contribution in [0.25, 0.3) is 0 Å². The van der Waals surface area contributed by atoms with Crippen molar-refractivity contribution in [3.8, 4) is 5.75 Å². The average molecular weight is 337 g/mol. The van der Waals surface area contributed by atoms with Crippen molar-refractivity contribution < 1.29 is 13.9 Å². The summed E-state index contributed by atoms with van der Waals surface area (Å²) in [6, 6.07) is 18.6. The molecule has 0 saturated heterocycles. The normalized spacial score (nSPS) is 10.1. The Bertz CT molecular complexity index is 839. The standard InChI is InChI=1S/C19H16FN3O2/c20-14-5-4-6-15(11-14)22-18-10-9-16(12-21-18)23-19(24)13-25-17-7-2-1-3-8-17/h1-12H,13H2,(H,21,22)(H,23,24). The lowest BCUT2D eigenvalue weighted by Crippen LogP contribution is -2.20. The third-order valence-electron chi connectivity index (χ3n) is 3.26. The molecule has 0 saturated carbocycles. The molecule has 0 bridgehead atoms. The number of carbonyl (C=O) groups excluding carboxylic acids is 1. The minimum atomic E-state index is -0.327. The first kappa shape index (κ1) is 16.4. The molecule has 0 aliphatic carbocycles. The van der Waals surface area contributed by atoms with Crippen LogP contribution in [0.2, 0.25) is 0 Å². The molecule has 6 heteroatoms. The minimum absolute atomic E-state index is 0.0900. The van der Waals surface area contributed by atoms with Gasteiger partial charge in [-0.25, -0.2) is 9.37 Å². The molecule has 126 valence electrons. The summed E-state index contributed by atoms with van der Waals surface area (Å²) in [6.07, 6.45) is 1.52. The number of aromatic nitrogens is 1. The van der Waals surface area contributed by atoms with Gasteiger partial charge in [-0.2, -0.15) is 0 Å². The van der Waals surface area contributed by atoms with Crippen molar-refractivity contribution in [2.45, 2.75) is 0 Å². The van der Waals surface area contributed by atoms with Gasteiger partial charge in [0, 0.05) is 5.69 Å². The number of amides is 1. The predicted molar refractivity (Wildman–Crippen MR) is 94.5 cm³/mol. The van der Waals surface area contributed by atoms with Crippen molar-refractivity contribution in [1.29, 1.82) is 0 Å². The van der Waals surface area contributed by atoms with E-state index in [9.17, 15) is 9.18 Å². The molecule has 1 amide bonds. The lowest BCUT2D eigenvalue weighted by atomic mass is 10.3. The summed E-state index contributed by atoms with van der Waals surface area (Å²) in [7, 11) is 0. The maximum Gasteiger partial charge on any atom is 0.262 e. The van der Waals surface area contributed by atoms with Crippen molar-refractivity contribution >= 4 is 23.1 Å². The maximum atomic E-state index is 13.2. The van der Waals surface area contributed by atoms with Gasteiger partial charge in [0.2, 0.25) is 0 Å². The molecule has 0 fully saturated rings. The first-order chi connectivity index (χ1) is 12.2. The monoisotopic (exact) mass is 337 g/mol. The Morgan fingerprint density at radius 3 is 2.56 bits per heavy atom. The lowest BCUT2D eigenvalue weighted by Gasteiger charge is -2.09. The number of pyridine rings is 1. The van der Waals surface area contributed by atoms with E-state index in [1.807, 2.05) is 18.2 Å². The van der Waals surface area contributed by atoms with Crippen molar-refractivity contribution in [3.63, 3.8) is 0 Å². The van der Waals surface area contributed by atoms with Gasteiger partial charge in [0.25, 0.3) is 5.91 Å². The highest BCUT2D eigenvalue weighted by molar-refractivity contribution is 5.91. The van der Waals surface area contributed by atoms with Crippen LogP contribution in [0.1, 0.15) is 0 Å². The van der Waals surface area contributed by atoms with Crippen LogP contribution in [-0.2, 0) is 4.79 Å². The summed E-state index contributed by atoms with van der Waals surface area (Å²) in [4.78, 5) is 16.1. The molecule has 1 aromatic heterocycles. The van der Waals surface area contributed by atoms with Crippen LogP contribution in [0.15, 0.2) is 72.9 Å². The van der Waals surface area contributed by atoms with Gasteiger partial charge in [-0.15, -0.1) is 0 Å². The van der Waals surface area contributed by atoms with Gasteiger partial charge in [-0.05, 0) is 42.5 Å². The second-order valence-electron chi connectivity index (χ2n) is 5.22. The topological polar surface area (TPSA) is 63.2 Å². The summed E-state index contributed by atoms with van der Waals surface area (Å²) < 4.78 is 18.5. The molecule has 3 rings (SSSR count). The molecule has 2 N–H and O–H groups in total. The molecule has 0 aliphatic rings. The molecule has 1 heterocycles. The number of anilines is 3. The Balaban J connectivity index is 1.52. The van der Waals surface area contributed by atoms with E-state index in [0.29, 0.717) is 22.9 Å². The molecule has 0 unspecified atom stereocenters. The molecule has 3 aromatic rings. The summed E-state index contributed by atoms with van der Waals surface area (Å²) >= 11 is 0. The van der Waals surface area contributed by atoms with E-state index < -0.39 is 0 Å². The fraction of sp³-hybridized carbons (Fsp3) is 0.0526. The van der Waals surface area contributed by atoms with Crippen LogP contribution < -0.4 is 15.4 Å². The smallest absolute Gasteiger partial charge is 0.262 e. The quantitative estimate of drug-likeness (QED) is 0.714. The highest BCUT2D eigenvalue weighted by Crippen LogP contribution is 2.17. The van der Waals surface area contributed by atoms with E-state index in [1.54, 1.807) is 36.4 Å². The van der Waals surface area contributed by atoms with Crippen molar-refractivity contribution in [2.24, 2.45) is 0 Å². The molecule has 0 aliphatic heterocycles. The summed E-state index contributed by atoms with van der Waals surface area (Å²) in [5.41, 5.74) is 1.15. The van der Waals surface area contributed by atoms with Crippen LogP contribution in [0, 0.1) is 5.82 Å². The summed E-state index contributed by atoms with van der Waals surface area (Å²) in [5.74, 6) is 0.568. The van der Waals surface area contributed by atoms with Gasteiger partial charge in [-0.1, -0.05) is 24.3 Å². The third kappa shape index (κ3) is 5.04. The highest BCUT2D eigenvalue weighted by atomic mass is 19.1. The molecular weight excluding hydrogens is 321 g/mol. The van der Waals surface area contributed by atoms with Gasteiger partial charge < -0.3 is 15.4 Å². The van der Waals surface area contributed by atoms with E-state index in [0.717, 1.165) is 0 Å². The number of ether oxygens (including phenoxy) is 1. The second-order valence-corrected chi connectivity index (χ2v) is 5.22. The van der Waals surface area contributed by atoms with E-state index in [2.05, 4.69) is 15.6 Å². The van der Waals surface area contributed by atoms with Gasteiger partial charge in [0.1, 0.15) is 17.4 Å². The van der Waals surface area contributed by atoms with Gasteiger partial charge in [-0.3, -0.25) is 4.79 Å². The molecule has 0 radical (unpaired) electrons. The summed E-state index contributed by atoms with van der Waals surface area (Å²) in [5, 5.41) is 5.68. The van der Waals surface area contributed by atoms with E-state index >= 15 is 0 Å². The fourth-order valence-corrected chi connectivity index (χ4v) is 2.12. The molecule has 5 nitrogen and oxygen atoms in total. The van der Waals surface area contributed by atoms with Crippen LogP contribution >= 0.6 is 0 Å². The predicted octanol–water partition coefficient (Wildman–Crippen LogP) is 3.98. The van der Waals surface area contributed by atoms with Crippen LogP contribution in [0.3, 0.4) is 0 Å². The van der Waals surface area contributed by atoms with E-state index in [1.165, 1.54) is 18.3 Å². The maximum absolute atomic E-state index is 13.2. The van der Waals surface area contributed by atoms with Crippen LogP contribution in [0.5, 0.6) is 5.75 Å². The van der Waals surface area contributed by atoms with Crippen molar-refractivity contribution in [1.82, 2.24) is 4.98 Å². The zero-order valence-electron chi connectivity index (χ0n) is 13.3. The molecule has 0 spiro atoms. The van der Waals surface area contributed by atoms with Crippen molar-refractivity contribution in [3.05, 3.63) is 78.7 Å². The highest BCUT2D eigenvalue weighted by Gasteiger charge is 2.04. The van der Waals surface area contributed by atoms with Crippen LogP contribution in [0.4, 0.5) is 21.6 Å². The van der Waals surface area contributed by atoms with Gasteiger partial charge >= 0.3 is 0 Å². The first-order valence-electron chi connectivity index (χ1n) is 7.65. The number of halogens is 1. The number of rotatable bonds is 6. The number of hydrogen-bond donors (Lipinski definition) is 2. The molecule has 2 aromatic carbocycles. The Morgan fingerprint density at radius 2 is 1.84 bits per heavy atom. The third-order valence-corrected chi connectivity index (χ3v) is 3.26. The Morgan fingerprint density at radius 1 is 1.00 bits per heavy atom. The Kier molecular flexibility index (Phi) is 5.21. The molecule has 0 atom stereocenters. The van der Waals surface area contributed by atoms with Crippen molar-refractivity contribution in [2.75, 3.05) is 17.2 Å². The SMILES string of the molecule is O=C(COc1ccccc1)Nc1ccc(Nc2cccc(F)c2)nc1. The zero-order valence-corrected chi connectivity index (χ0v) is 13.3. The summed E-state index contributed by atoms with van der Waals surface area (Å²) in [6.45, 7) is -0.0900. The number of hydrogen-bond acceptors (Lipinski definition) is 4. The number of benzene rings is 2. The first-order valence-corrected chi connectivity index (χ1v) is 7.65.